The van der Waals surface area contributed by atoms with Gasteiger partial charge in [0.2, 0.25) is 0 Å². The van der Waals surface area contributed by atoms with Gasteiger partial charge in [0.1, 0.15) is 5.75 Å². The minimum Gasteiger partial charge on any atom is -0.495 e. The first-order chi connectivity index (χ1) is 9.56. The lowest BCUT2D eigenvalue weighted by molar-refractivity contribution is 0.414. The first-order valence-corrected chi connectivity index (χ1v) is 8.86. The third-order valence-electron chi connectivity index (χ3n) is 2.87. The summed E-state index contributed by atoms with van der Waals surface area (Å²) >= 11 is 14.9. The average molecular weight is 440 g/mol. The molecule has 6 heteroatoms. The normalized spacial score (nSPS) is 12.4. The van der Waals surface area contributed by atoms with Gasteiger partial charge in [-0.15, -0.1) is 11.3 Å². The van der Waals surface area contributed by atoms with E-state index in [4.69, 9.17) is 16.3 Å². The molecule has 0 fully saturated rings. The highest BCUT2D eigenvalue weighted by atomic mass is 79.9. The van der Waals surface area contributed by atoms with Gasteiger partial charge in [-0.2, -0.15) is 0 Å². The van der Waals surface area contributed by atoms with Gasteiger partial charge in [0.25, 0.3) is 0 Å². The lowest BCUT2D eigenvalue weighted by Crippen LogP contribution is -2.21. The number of benzene rings is 1. The summed E-state index contributed by atoms with van der Waals surface area (Å²) in [5.74, 6) is 0.696. The summed E-state index contributed by atoms with van der Waals surface area (Å²) in [6, 6.07) is 8.14. The molecule has 2 aromatic rings. The molecule has 1 atom stereocenters. The minimum absolute atomic E-state index is 0.124. The second kappa shape index (κ2) is 7.27. The first-order valence-electron chi connectivity index (χ1n) is 6.08. The predicted molar refractivity (Wildman–Crippen MR) is 93.2 cm³/mol. The summed E-state index contributed by atoms with van der Waals surface area (Å²) in [5, 5.41) is 4.12. The zero-order valence-corrected chi connectivity index (χ0v) is 15.8. The van der Waals surface area contributed by atoms with E-state index >= 15 is 0 Å². The van der Waals surface area contributed by atoms with Crippen molar-refractivity contribution in [1.29, 1.82) is 0 Å². The number of ether oxygens (including phenoxy) is 1. The third-order valence-corrected chi connectivity index (χ3v) is 6.50. The molecule has 108 valence electrons. The van der Waals surface area contributed by atoms with Crippen LogP contribution in [-0.4, -0.2) is 13.7 Å². The Balaban J connectivity index is 2.42. The SMILES string of the molecule is CCNC(c1ccc(Cl)c(OC)c1)c1cc(Br)c(Br)s1. The molecule has 1 heterocycles. The van der Waals surface area contributed by atoms with Crippen molar-refractivity contribution < 1.29 is 4.74 Å². The molecule has 0 aliphatic rings. The molecule has 1 aromatic heterocycles. The third kappa shape index (κ3) is 3.57. The van der Waals surface area contributed by atoms with E-state index in [9.17, 15) is 0 Å². The molecule has 2 nitrogen and oxygen atoms in total. The molecule has 1 unspecified atom stereocenters. The van der Waals surface area contributed by atoms with E-state index in [2.05, 4.69) is 50.2 Å². The van der Waals surface area contributed by atoms with E-state index in [1.807, 2.05) is 18.2 Å². The summed E-state index contributed by atoms with van der Waals surface area (Å²) in [5.41, 5.74) is 1.13. The smallest absolute Gasteiger partial charge is 0.137 e. The Hall–Kier alpha value is -0.0700. The molecule has 1 N–H and O–H groups in total. The Morgan fingerprint density at radius 3 is 2.65 bits per heavy atom. The molecule has 0 amide bonds. The van der Waals surface area contributed by atoms with E-state index in [1.54, 1.807) is 18.4 Å². The van der Waals surface area contributed by atoms with Crippen LogP contribution in [-0.2, 0) is 0 Å². The van der Waals surface area contributed by atoms with Crippen molar-refractivity contribution in [2.75, 3.05) is 13.7 Å². The number of halogens is 3. The van der Waals surface area contributed by atoms with Gasteiger partial charge in [-0.25, -0.2) is 0 Å². The predicted octanol–water partition coefficient (Wildman–Crippen LogP) is 5.63. The van der Waals surface area contributed by atoms with Gasteiger partial charge in [-0.3, -0.25) is 0 Å². The van der Waals surface area contributed by atoms with E-state index < -0.39 is 0 Å². The Morgan fingerprint density at radius 2 is 2.10 bits per heavy atom. The highest BCUT2D eigenvalue weighted by Crippen LogP contribution is 2.39. The fourth-order valence-electron chi connectivity index (χ4n) is 1.95. The van der Waals surface area contributed by atoms with Crippen LogP contribution >= 0.6 is 54.8 Å². The van der Waals surface area contributed by atoms with Gasteiger partial charge < -0.3 is 10.1 Å². The van der Waals surface area contributed by atoms with Gasteiger partial charge in [-0.05, 0) is 62.2 Å². The van der Waals surface area contributed by atoms with Gasteiger partial charge in [0, 0.05) is 9.35 Å². The lowest BCUT2D eigenvalue weighted by atomic mass is 10.0. The molecule has 20 heavy (non-hydrogen) atoms. The van der Waals surface area contributed by atoms with Crippen LogP contribution in [0.2, 0.25) is 5.02 Å². The zero-order valence-electron chi connectivity index (χ0n) is 11.0. The molecule has 0 saturated carbocycles. The molecule has 0 radical (unpaired) electrons. The van der Waals surface area contributed by atoms with E-state index in [-0.39, 0.29) is 6.04 Å². The molecule has 1 aromatic carbocycles. The number of hydrogen-bond donors (Lipinski definition) is 1. The molecule has 0 aliphatic heterocycles. The van der Waals surface area contributed by atoms with Crippen LogP contribution < -0.4 is 10.1 Å². The highest BCUT2D eigenvalue weighted by Gasteiger charge is 2.18. The van der Waals surface area contributed by atoms with Crippen molar-refractivity contribution in [3.05, 3.63) is 48.0 Å². The van der Waals surface area contributed by atoms with Gasteiger partial charge in [0.05, 0.1) is 22.0 Å². The molecule has 0 bridgehead atoms. The lowest BCUT2D eigenvalue weighted by Gasteiger charge is -2.18. The van der Waals surface area contributed by atoms with Gasteiger partial charge in [-0.1, -0.05) is 24.6 Å². The van der Waals surface area contributed by atoms with Crippen molar-refractivity contribution in [1.82, 2.24) is 5.32 Å². The van der Waals surface area contributed by atoms with Crippen LogP contribution in [0, 0.1) is 0 Å². The molecular formula is C14H14Br2ClNOS. The zero-order chi connectivity index (χ0) is 14.7. The van der Waals surface area contributed by atoms with Crippen LogP contribution in [0.5, 0.6) is 5.75 Å². The Kier molecular flexibility index (Phi) is 5.93. The summed E-state index contributed by atoms with van der Waals surface area (Å²) in [6.07, 6.45) is 0. The van der Waals surface area contributed by atoms with Crippen LogP contribution in [0.3, 0.4) is 0 Å². The average Bonchev–Trinajstić information content (AvgIpc) is 2.76. The fraction of sp³-hybridized carbons (Fsp3) is 0.286. The van der Waals surface area contributed by atoms with Crippen LogP contribution in [0.1, 0.15) is 23.4 Å². The largest absolute Gasteiger partial charge is 0.495 e. The van der Waals surface area contributed by atoms with Crippen LogP contribution in [0.25, 0.3) is 0 Å². The van der Waals surface area contributed by atoms with Crippen molar-refractivity contribution in [3.8, 4) is 5.75 Å². The van der Waals surface area contributed by atoms with Crippen molar-refractivity contribution >= 4 is 54.8 Å². The molecule has 0 aliphatic carbocycles. The van der Waals surface area contributed by atoms with E-state index in [0.29, 0.717) is 10.8 Å². The number of thiophene rings is 1. The maximum absolute atomic E-state index is 6.10. The second-order valence-corrected chi connectivity index (χ2v) is 7.82. The van der Waals surface area contributed by atoms with Gasteiger partial charge >= 0.3 is 0 Å². The number of hydrogen-bond acceptors (Lipinski definition) is 3. The standard InChI is InChI=1S/C14H14Br2ClNOS/c1-3-18-13(12-7-9(15)14(16)20-12)8-4-5-10(17)11(6-8)19-2/h4-7,13,18H,3H2,1-2H3. The summed E-state index contributed by atoms with van der Waals surface area (Å²) in [7, 11) is 1.63. The summed E-state index contributed by atoms with van der Waals surface area (Å²) < 4.78 is 7.47. The van der Waals surface area contributed by atoms with Crippen LogP contribution in [0.4, 0.5) is 0 Å². The molecule has 0 saturated heterocycles. The van der Waals surface area contributed by atoms with Crippen LogP contribution in [0.15, 0.2) is 32.5 Å². The Bertz CT molecular complexity index is 583. The monoisotopic (exact) mass is 437 g/mol. The molecule has 2 rings (SSSR count). The Labute approximate surface area is 144 Å². The highest BCUT2D eigenvalue weighted by molar-refractivity contribution is 9.13. The number of methoxy groups -OCH3 is 1. The molecule has 0 spiro atoms. The van der Waals surface area contributed by atoms with Crippen molar-refractivity contribution in [2.45, 2.75) is 13.0 Å². The second-order valence-electron chi connectivity index (χ2n) is 4.16. The van der Waals surface area contributed by atoms with E-state index in [1.165, 1.54) is 4.88 Å². The maximum atomic E-state index is 6.10. The minimum atomic E-state index is 0.124. The van der Waals surface area contributed by atoms with E-state index in [0.717, 1.165) is 20.4 Å². The Morgan fingerprint density at radius 1 is 1.35 bits per heavy atom. The maximum Gasteiger partial charge on any atom is 0.137 e. The first kappa shape index (κ1) is 16.3. The number of rotatable bonds is 5. The van der Waals surface area contributed by atoms with Crippen molar-refractivity contribution in [3.63, 3.8) is 0 Å². The number of nitrogens with one attached hydrogen (secondary N) is 1. The topological polar surface area (TPSA) is 21.3 Å². The summed E-state index contributed by atoms with van der Waals surface area (Å²) in [6.45, 7) is 2.97. The summed E-state index contributed by atoms with van der Waals surface area (Å²) in [4.78, 5) is 1.23. The van der Waals surface area contributed by atoms with Crippen molar-refractivity contribution in [2.24, 2.45) is 0 Å². The quantitative estimate of drug-likeness (QED) is 0.652. The van der Waals surface area contributed by atoms with Gasteiger partial charge in [0.15, 0.2) is 0 Å². The molecular weight excluding hydrogens is 425 g/mol. The fourth-order valence-corrected chi connectivity index (χ4v) is 4.34.